The molecule has 0 saturated heterocycles. The number of aromatic nitrogens is 5. The van der Waals surface area contributed by atoms with Crippen LogP contribution in [0.3, 0.4) is 0 Å². The lowest BCUT2D eigenvalue weighted by Gasteiger charge is -2.06. The van der Waals surface area contributed by atoms with Gasteiger partial charge in [-0.1, -0.05) is 29.1 Å². The Balaban J connectivity index is 1.80. The first-order chi connectivity index (χ1) is 11.3. The Morgan fingerprint density at radius 1 is 1.29 bits per heavy atom. The zero-order valence-corrected chi connectivity index (χ0v) is 13.0. The summed E-state index contributed by atoms with van der Waals surface area (Å²) in [5, 5.41) is 10.2. The molecule has 0 unspecified atom stereocenters. The van der Waals surface area contributed by atoms with Gasteiger partial charge in [-0.2, -0.15) is 23.1 Å². The van der Waals surface area contributed by atoms with Gasteiger partial charge in [-0.25, -0.2) is 5.10 Å². The van der Waals surface area contributed by atoms with E-state index in [1.165, 1.54) is 23.9 Å². The van der Waals surface area contributed by atoms with Gasteiger partial charge < -0.3 is 10.3 Å². The number of alkyl halides is 3. The summed E-state index contributed by atoms with van der Waals surface area (Å²) in [5.41, 5.74) is 4.88. The Hall–Kier alpha value is -2.56. The van der Waals surface area contributed by atoms with Gasteiger partial charge in [-0.3, -0.25) is 0 Å². The molecule has 0 fully saturated rings. The highest BCUT2D eigenvalue weighted by Gasteiger charge is 2.31. The summed E-state index contributed by atoms with van der Waals surface area (Å²) < 4.78 is 43.4. The Labute approximate surface area is 137 Å². The third-order valence-corrected chi connectivity index (χ3v) is 3.95. The number of thioether (sulfide) groups is 1. The van der Waals surface area contributed by atoms with Gasteiger partial charge in [-0.05, 0) is 19.1 Å². The molecule has 3 aromatic rings. The summed E-state index contributed by atoms with van der Waals surface area (Å²) in [6.45, 7) is 1.78. The van der Waals surface area contributed by atoms with Crippen molar-refractivity contribution >= 4 is 17.7 Å². The molecule has 0 saturated carbocycles. The lowest BCUT2D eigenvalue weighted by Crippen LogP contribution is -2.04. The zero-order chi connectivity index (χ0) is 17.3. The van der Waals surface area contributed by atoms with Crippen LogP contribution in [0.5, 0.6) is 0 Å². The molecule has 11 heteroatoms. The molecule has 0 amide bonds. The number of nitrogen functional groups attached to an aromatic ring is 1. The summed E-state index contributed by atoms with van der Waals surface area (Å²) in [5.74, 6) is 0.508. The van der Waals surface area contributed by atoms with E-state index in [9.17, 15) is 13.2 Å². The van der Waals surface area contributed by atoms with Crippen LogP contribution in [0, 0.1) is 0 Å². The quantitative estimate of drug-likeness (QED) is 0.691. The standard InChI is InChI=1S/C13H11F3N6OS/c1-6(24-12-19-11(17)20-21-12)10-18-9(22-23-10)7-3-2-4-8(5-7)13(14,15)16/h2-6H,1H3,(H3,17,19,20,21)/t6-/m1/s1. The predicted octanol–water partition coefficient (Wildman–Crippen LogP) is 3.31. The molecule has 126 valence electrons. The molecule has 7 nitrogen and oxygen atoms in total. The zero-order valence-electron chi connectivity index (χ0n) is 12.2. The van der Waals surface area contributed by atoms with Crippen LogP contribution in [0.25, 0.3) is 11.4 Å². The van der Waals surface area contributed by atoms with Gasteiger partial charge in [0.2, 0.25) is 22.8 Å². The number of halogens is 3. The Kier molecular flexibility index (Phi) is 4.18. The van der Waals surface area contributed by atoms with Crippen molar-refractivity contribution in [1.29, 1.82) is 0 Å². The number of anilines is 1. The summed E-state index contributed by atoms with van der Waals surface area (Å²) in [6, 6.07) is 4.74. The average molecular weight is 356 g/mol. The van der Waals surface area contributed by atoms with Gasteiger partial charge in [0.05, 0.1) is 10.8 Å². The highest BCUT2D eigenvalue weighted by atomic mass is 32.2. The largest absolute Gasteiger partial charge is 0.416 e. The SMILES string of the molecule is C[C@@H](Sc1n[nH]c(N)n1)c1nc(-c2cccc(C(F)(F)F)c2)no1. The third kappa shape index (κ3) is 3.50. The second-order valence-electron chi connectivity index (χ2n) is 4.80. The Morgan fingerprint density at radius 2 is 2.08 bits per heavy atom. The topological polar surface area (TPSA) is 107 Å². The molecule has 0 radical (unpaired) electrons. The van der Waals surface area contributed by atoms with Crippen molar-refractivity contribution in [3.63, 3.8) is 0 Å². The minimum Gasteiger partial charge on any atom is -0.368 e. The van der Waals surface area contributed by atoms with Crippen LogP contribution in [0.1, 0.15) is 23.6 Å². The lowest BCUT2D eigenvalue weighted by atomic mass is 10.1. The maximum atomic E-state index is 12.8. The van der Waals surface area contributed by atoms with Gasteiger partial charge in [-0.15, -0.1) is 5.10 Å². The fourth-order valence-corrected chi connectivity index (χ4v) is 2.63. The number of hydrogen-bond acceptors (Lipinski definition) is 7. The molecular formula is C13H11F3N6OS. The normalized spacial score (nSPS) is 13.2. The van der Waals surface area contributed by atoms with Crippen LogP contribution in [-0.2, 0) is 6.18 Å². The summed E-state index contributed by atoms with van der Waals surface area (Å²) in [6.07, 6.45) is -4.43. The first-order valence-electron chi connectivity index (χ1n) is 6.68. The smallest absolute Gasteiger partial charge is 0.368 e. The van der Waals surface area contributed by atoms with E-state index in [0.717, 1.165) is 12.1 Å². The number of rotatable bonds is 4. The summed E-state index contributed by atoms with van der Waals surface area (Å²) in [7, 11) is 0. The van der Waals surface area contributed by atoms with Crippen molar-refractivity contribution in [2.45, 2.75) is 23.5 Å². The number of nitrogens with zero attached hydrogens (tertiary/aromatic N) is 4. The van der Waals surface area contributed by atoms with Crippen molar-refractivity contribution in [3.8, 4) is 11.4 Å². The van der Waals surface area contributed by atoms with Crippen LogP contribution < -0.4 is 5.73 Å². The molecule has 1 atom stereocenters. The number of nitrogens with one attached hydrogen (secondary N) is 1. The van der Waals surface area contributed by atoms with Crippen LogP contribution >= 0.6 is 11.8 Å². The van der Waals surface area contributed by atoms with E-state index in [1.807, 2.05) is 0 Å². The van der Waals surface area contributed by atoms with Gasteiger partial charge in [0.15, 0.2) is 0 Å². The molecule has 0 aliphatic carbocycles. The highest BCUT2D eigenvalue weighted by Crippen LogP contribution is 2.34. The number of H-pyrrole nitrogens is 1. The average Bonchev–Trinajstić information content (AvgIpc) is 3.16. The molecule has 2 aromatic heterocycles. The first kappa shape index (κ1) is 16.3. The van der Waals surface area contributed by atoms with E-state index in [2.05, 4.69) is 25.3 Å². The predicted molar refractivity (Wildman–Crippen MR) is 79.8 cm³/mol. The number of benzene rings is 1. The second kappa shape index (κ2) is 6.15. The van der Waals surface area contributed by atoms with Crippen molar-refractivity contribution in [3.05, 3.63) is 35.7 Å². The molecule has 3 rings (SSSR count). The van der Waals surface area contributed by atoms with Gasteiger partial charge in [0.1, 0.15) is 0 Å². The summed E-state index contributed by atoms with van der Waals surface area (Å²) in [4.78, 5) is 8.08. The van der Waals surface area contributed by atoms with E-state index < -0.39 is 11.7 Å². The first-order valence-corrected chi connectivity index (χ1v) is 7.56. The van der Waals surface area contributed by atoms with Crippen molar-refractivity contribution in [1.82, 2.24) is 25.3 Å². The van der Waals surface area contributed by atoms with Gasteiger partial charge in [0.25, 0.3) is 0 Å². The maximum absolute atomic E-state index is 12.8. The molecule has 0 aliphatic heterocycles. The third-order valence-electron chi connectivity index (χ3n) is 3.00. The van der Waals surface area contributed by atoms with Gasteiger partial charge >= 0.3 is 6.18 Å². The van der Waals surface area contributed by atoms with E-state index in [0.29, 0.717) is 5.16 Å². The molecule has 0 aliphatic rings. The molecular weight excluding hydrogens is 345 g/mol. The molecule has 0 spiro atoms. The van der Waals surface area contributed by atoms with E-state index in [1.54, 1.807) is 6.92 Å². The fourth-order valence-electron chi connectivity index (χ4n) is 1.87. The van der Waals surface area contributed by atoms with Crippen molar-refractivity contribution in [2.24, 2.45) is 0 Å². The lowest BCUT2D eigenvalue weighted by molar-refractivity contribution is -0.137. The van der Waals surface area contributed by atoms with Crippen LogP contribution in [0.15, 0.2) is 33.9 Å². The monoisotopic (exact) mass is 356 g/mol. The second-order valence-corrected chi connectivity index (χ2v) is 6.11. The maximum Gasteiger partial charge on any atom is 0.416 e. The number of aromatic amines is 1. The molecule has 24 heavy (non-hydrogen) atoms. The fraction of sp³-hybridized carbons (Fsp3) is 0.231. The minimum atomic E-state index is -4.43. The number of hydrogen-bond donors (Lipinski definition) is 2. The van der Waals surface area contributed by atoms with Crippen LogP contribution in [0.4, 0.5) is 19.1 Å². The van der Waals surface area contributed by atoms with E-state index >= 15 is 0 Å². The van der Waals surface area contributed by atoms with Crippen molar-refractivity contribution in [2.75, 3.05) is 5.73 Å². The van der Waals surface area contributed by atoms with Gasteiger partial charge in [0, 0.05) is 5.56 Å². The number of nitrogens with two attached hydrogens (primary N) is 1. The van der Waals surface area contributed by atoms with E-state index in [-0.39, 0.29) is 28.5 Å². The molecule has 1 aromatic carbocycles. The van der Waals surface area contributed by atoms with Crippen LogP contribution in [-0.4, -0.2) is 25.3 Å². The molecule has 2 heterocycles. The Morgan fingerprint density at radius 3 is 2.75 bits per heavy atom. The molecule has 3 N–H and O–H groups in total. The van der Waals surface area contributed by atoms with E-state index in [4.69, 9.17) is 10.3 Å². The van der Waals surface area contributed by atoms with Crippen molar-refractivity contribution < 1.29 is 17.7 Å². The molecule has 0 bridgehead atoms. The summed E-state index contributed by atoms with van der Waals surface area (Å²) >= 11 is 1.22. The minimum absolute atomic E-state index is 0.0815. The van der Waals surface area contributed by atoms with Crippen LogP contribution in [0.2, 0.25) is 0 Å². The highest BCUT2D eigenvalue weighted by molar-refractivity contribution is 7.99. The Bertz CT molecular complexity index is 846.